The van der Waals surface area contributed by atoms with E-state index in [9.17, 15) is 0 Å². The number of fused-ring (bicyclic) bond motifs is 1. The third kappa shape index (κ3) is 2.60. The smallest absolute Gasteiger partial charge is 0.211 e. The van der Waals surface area contributed by atoms with Crippen LogP contribution in [0.3, 0.4) is 0 Å². The first-order valence-electron chi connectivity index (χ1n) is 5.29. The van der Waals surface area contributed by atoms with Crippen LogP contribution in [-0.2, 0) is 0 Å². The Morgan fingerprint density at radius 2 is 1.65 bits per heavy atom. The molecule has 0 amide bonds. The van der Waals surface area contributed by atoms with Gasteiger partial charge in [-0.15, -0.1) is 5.10 Å². The van der Waals surface area contributed by atoms with Gasteiger partial charge in [-0.3, -0.25) is 0 Å². The molecule has 0 aromatic heterocycles. The number of benzene rings is 2. The fraction of sp³-hybridized carbons (Fsp3) is 0.0769. The zero-order valence-corrected chi connectivity index (χ0v) is 9.59. The fourth-order valence-corrected chi connectivity index (χ4v) is 1.60. The Hall–Kier alpha value is -2.36. The third-order valence-electron chi connectivity index (χ3n) is 2.48. The molecule has 0 saturated carbocycles. The first-order chi connectivity index (χ1) is 8.16. The van der Waals surface area contributed by atoms with Crippen LogP contribution in [0, 0.1) is 0 Å². The van der Waals surface area contributed by atoms with Gasteiger partial charge in [0.25, 0.3) is 0 Å². The molecule has 2 rings (SSSR count). The maximum Gasteiger partial charge on any atom is 0.211 e. The van der Waals surface area contributed by atoms with Crippen LogP contribution in [0.4, 0.5) is 0 Å². The van der Waals surface area contributed by atoms with Gasteiger partial charge in [0.2, 0.25) is 5.96 Å². The van der Waals surface area contributed by atoms with Gasteiger partial charge in [0, 0.05) is 0 Å². The van der Waals surface area contributed by atoms with Crippen LogP contribution < -0.4 is 11.5 Å². The first kappa shape index (κ1) is 11.1. The summed E-state index contributed by atoms with van der Waals surface area (Å²) in [5, 5.41) is 9.97. The highest BCUT2D eigenvalue weighted by atomic mass is 15.3. The van der Waals surface area contributed by atoms with Crippen LogP contribution in [0.5, 0.6) is 0 Å². The van der Waals surface area contributed by atoms with E-state index in [-0.39, 0.29) is 5.96 Å². The third-order valence-corrected chi connectivity index (χ3v) is 2.48. The molecule has 0 spiro atoms. The minimum Gasteiger partial charge on any atom is -0.369 e. The van der Waals surface area contributed by atoms with Crippen molar-refractivity contribution >= 4 is 22.4 Å². The second-order valence-corrected chi connectivity index (χ2v) is 3.77. The molecular weight excluding hydrogens is 212 g/mol. The molecule has 86 valence electrons. The predicted molar refractivity (Wildman–Crippen MR) is 72.0 cm³/mol. The molecule has 17 heavy (non-hydrogen) atoms. The number of guanidine groups is 1. The largest absolute Gasteiger partial charge is 0.369 e. The molecule has 0 aliphatic heterocycles. The maximum atomic E-state index is 5.23. The van der Waals surface area contributed by atoms with Crippen molar-refractivity contribution in [1.82, 2.24) is 0 Å². The highest BCUT2D eigenvalue weighted by Crippen LogP contribution is 2.16. The summed E-state index contributed by atoms with van der Waals surface area (Å²) in [6.07, 6.45) is 0. The molecular formula is C13H14N4. The van der Waals surface area contributed by atoms with Gasteiger partial charge < -0.3 is 11.5 Å². The summed E-state index contributed by atoms with van der Waals surface area (Å²) in [5.74, 6) is -0.0369. The van der Waals surface area contributed by atoms with Gasteiger partial charge >= 0.3 is 0 Å². The maximum absolute atomic E-state index is 5.23. The highest BCUT2D eigenvalue weighted by molar-refractivity contribution is 6.02. The lowest BCUT2D eigenvalue weighted by Crippen LogP contribution is -2.22. The van der Waals surface area contributed by atoms with Gasteiger partial charge in [-0.05, 0) is 29.3 Å². The van der Waals surface area contributed by atoms with E-state index in [0.29, 0.717) is 0 Å². The molecule has 0 unspecified atom stereocenters. The predicted octanol–water partition coefficient (Wildman–Crippen LogP) is 1.84. The molecule has 4 nitrogen and oxygen atoms in total. The zero-order valence-electron chi connectivity index (χ0n) is 9.59. The van der Waals surface area contributed by atoms with Gasteiger partial charge in [-0.2, -0.15) is 5.10 Å². The van der Waals surface area contributed by atoms with Crippen LogP contribution in [0.2, 0.25) is 0 Å². The summed E-state index contributed by atoms with van der Waals surface area (Å²) in [4.78, 5) is 0. The van der Waals surface area contributed by atoms with Crippen molar-refractivity contribution < 1.29 is 0 Å². The number of hydrogen-bond donors (Lipinski definition) is 2. The Morgan fingerprint density at radius 3 is 2.35 bits per heavy atom. The molecule has 0 saturated heterocycles. The highest BCUT2D eigenvalue weighted by Gasteiger charge is 1.99. The lowest BCUT2D eigenvalue weighted by atomic mass is 10.0. The summed E-state index contributed by atoms with van der Waals surface area (Å²) >= 11 is 0. The SMILES string of the molecule is C/C(=N/N=C(N)N)c1ccc2ccccc2c1. The van der Waals surface area contributed by atoms with Gasteiger partial charge in [0.15, 0.2) is 0 Å². The number of hydrogen-bond acceptors (Lipinski definition) is 2. The molecule has 2 aromatic carbocycles. The second kappa shape index (κ2) is 4.65. The van der Waals surface area contributed by atoms with Gasteiger partial charge in [-0.25, -0.2) is 0 Å². The Labute approximate surface area is 99.6 Å². The Balaban J connectivity index is 2.43. The molecule has 0 aliphatic rings. The van der Waals surface area contributed by atoms with Crippen molar-refractivity contribution in [2.45, 2.75) is 6.92 Å². The fourth-order valence-electron chi connectivity index (χ4n) is 1.60. The lowest BCUT2D eigenvalue weighted by Gasteiger charge is -2.02. The topological polar surface area (TPSA) is 76.8 Å². The summed E-state index contributed by atoms with van der Waals surface area (Å²) in [6, 6.07) is 14.3. The molecule has 0 atom stereocenters. The van der Waals surface area contributed by atoms with Crippen LogP contribution in [0.1, 0.15) is 12.5 Å². The van der Waals surface area contributed by atoms with Gasteiger partial charge in [-0.1, -0.05) is 36.4 Å². The molecule has 0 heterocycles. The Morgan fingerprint density at radius 1 is 0.941 bits per heavy atom. The lowest BCUT2D eigenvalue weighted by molar-refractivity contribution is 1.20. The normalized spacial score (nSPS) is 11.5. The second-order valence-electron chi connectivity index (χ2n) is 3.77. The summed E-state index contributed by atoms with van der Waals surface area (Å²) in [5.41, 5.74) is 12.2. The van der Waals surface area contributed by atoms with E-state index in [1.54, 1.807) is 0 Å². The van der Waals surface area contributed by atoms with E-state index in [1.807, 2.05) is 25.1 Å². The summed E-state index contributed by atoms with van der Waals surface area (Å²) < 4.78 is 0. The molecule has 0 bridgehead atoms. The zero-order chi connectivity index (χ0) is 12.3. The summed E-state index contributed by atoms with van der Waals surface area (Å²) in [6.45, 7) is 1.87. The van der Waals surface area contributed by atoms with Crippen LogP contribution in [0.15, 0.2) is 52.7 Å². The quantitative estimate of drug-likeness (QED) is 0.465. The minimum absolute atomic E-state index is 0.0369. The number of nitrogens with two attached hydrogens (primary N) is 2. The molecule has 0 radical (unpaired) electrons. The van der Waals surface area contributed by atoms with E-state index in [1.165, 1.54) is 10.8 Å². The van der Waals surface area contributed by atoms with Crippen LogP contribution in [0.25, 0.3) is 10.8 Å². The van der Waals surface area contributed by atoms with E-state index in [0.717, 1.165) is 11.3 Å². The monoisotopic (exact) mass is 226 g/mol. The number of nitrogens with zero attached hydrogens (tertiary/aromatic N) is 2. The number of rotatable bonds is 2. The van der Waals surface area contributed by atoms with E-state index in [4.69, 9.17) is 11.5 Å². The van der Waals surface area contributed by atoms with E-state index >= 15 is 0 Å². The molecule has 0 fully saturated rings. The minimum atomic E-state index is -0.0369. The Kier molecular flexibility index (Phi) is 3.05. The van der Waals surface area contributed by atoms with E-state index in [2.05, 4.69) is 34.5 Å². The van der Waals surface area contributed by atoms with Gasteiger partial charge in [0.1, 0.15) is 0 Å². The molecule has 4 heteroatoms. The summed E-state index contributed by atoms with van der Waals surface area (Å²) in [7, 11) is 0. The van der Waals surface area contributed by atoms with Gasteiger partial charge in [0.05, 0.1) is 5.71 Å². The molecule has 4 N–H and O–H groups in total. The van der Waals surface area contributed by atoms with Crippen molar-refractivity contribution in [3.8, 4) is 0 Å². The van der Waals surface area contributed by atoms with E-state index < -0.39 is 0 Å². The van der Waals surface area contributed by atoms with Crippen LogP contribution in [-0.4, -0.2) is 11.7 Å². The van der Waals surface area contributed by atoms with Crippen molar-refractivity contribution in [2.75, 3.05) is 0 Å². The average molecular weight is 226 g/mol. The first-order valence-corrected chi connectivity index (χ1v) is 5.29. The van der Waals surface area contributed by atoms with Crippen molar-refractivity contribution in [2.24, 2.45) is 21.7 Å². The molecule has 0 aliphatic carbocycles. The Bertz CT molecular complexity index is 595. The standard InChI is InChI=1S/C13H14N4/c1-9(16-17-13(14)15)11-7-6-10-4-2-3-5-12(10)8-11/h2-8H,1H3,(H4,14,15,17)/b16-9-. The van der Waals surface area contributed by atoms with Crippen LogP contribution >= 0.6 is 0 Å². The molecule has 2 aromatic rings. The van der Waals surface area contributed by atoms with Crippen molar-refractivity contribution in [3.05, 3.63) is 48.0 Å². The van der Waals surface area contributed by atoms with Crippen molar-refractivity contribution in [1.29, 1.82) is 0 Å². The van der Waals surface area contributed by atoms with Crippen molar-refractivity contribution in [3.63, 3.8) is 0 Å². The average Bonchev–Trinajstić information content (AvgIpc) is 2.35.